The molecule has 25 heavy (non-hydrogen) atoms. The molecule has 0 aromatic carbocycles. The SMILES string of the molecule is CCNC(=NCCN1CCN(CC)CC1)NCCn1cnnc1CC. The van der Waals surface area contributed by atoms with Crippen LogP contribution in [0.15, 0.2) is 11.3 Å². The normalized spacial score (nSPS) is 17.0. The van der Waals surface area contributed by atoms with Crippen LogP contribution in [0, 0.1) is 0 Å². The summed E-state index contributed by atoms with van der Waals surface area (Å²) in [5, 5.41) is 14.8. The Balaban J connectivity index is 1.71. The molecule has 0 bridgehead atoms. The Hall–Kier alpha value is -1.67. The number of likely N-dealkylation sites (N-methyl/N-ethyl adjacent to an activating group) is 1. The molecular formula is C17H34N8. The summed E-state index contributed by atoms with van der Waals surface area (Å²) in [6, 6.07) is 0. The summed E-state index contributed by atoms with van der Waals surface area (Å²) in [6.45, 7) is 16.6. The molecule has 1 aromatic rings. The highest BCUT2D eigenvalue weighted by molar-refractivity contribution is 5.79. The van der Waals surface area contributed by atoms with E-state index in [1.54, 1.807) is 6.33 Å². The van der Waals surface area contributed by atoms with Crippen molar-refractivity contribution in [3.63, 3.8) is 0 Å². The summed E-state index contributed by atoms with van der Waals surface area (Å²) < 4.78 is 2.09. The highest BCUT2D eigenvalue weighted by Gasteiger charge is 2.14. The van der Waals surface area contributed by atoms with Crippen LogP contribution in [0.25, 0.3) is 0 Å². The molecule has 0 amide bonds. The number of aliphatic imine (C=N–C) groups is 1. The second-order valence-corrected chi connectivity index (χ2v) is 6.26. The standard InChI is InChI=1S/C17H34N8/c1-4-16-22-21-15-25(16)10-8-20-17(18-5-2)19-7-9-24-13-11-23(6-3)12-14-24/h15H,4-14H2,1-3H3,(H2,18,19,20). The largest absolute Gasteiger partial charge is 0.357 e. The van der Waals surface area contributed by atoms with E-state index >= 15 is 0 Å². The monoisotopic (exact) mass is 350 g/mol. The van der Waals surface area contributed by atoms with Crippen LogP contribution in [0.2, 0.25) is 0 Å². The molecule has 0 aliphatic carbocycles. The molecule has 0 radical (unpaired) electrons. The lowest BCUT2D eigenvalue weighted by molar-refractivity contribution is 0.140. The average Bonchev–Trinajstić information content (AvgIpc) is 3.10. The zero-order valence-electron chi connectivity index (χ0n) is 16.0. The molecule has 1 fully saturated rings. The summed E-state index contributed by atoms with van der Waals surface area (Å²) in [6.07, 6.45) is 2.69. The molecule has 0 unspecified atom stereocenters. The van der Waals surface area contributed by atoms with Crippen LogP contribution in [-0.4, -0.2) is 89.4 Å². The van der Waals surface area contributed by atoms with E-state index in [0.29, 0.717) is 0 Å². The van der Waals surface area contributed by atoms with Gasteiger partial charge in [0.15, 0.2) is 5.96 Å². The predicted octanol–water partition coefficient (Wildman–Crippen LogP) is 0.0331. The number of aryl methyl sites for hydroxylation is 1. The first-order valence-corrected chi connectivity index (χ1v) is 9.60. The van der Waals surface area contributed by atoms with Gasteiger partial charge in [0.05, 0.1) is 6.54 Å². The fraction of sp³-hybridized carbons (Fsp3) is 0.824. The first-order chi connectivity index (χ1) is 12.3. The zero-order valence-corrected chi connectivity index (χ0v) is 16.0. The molecule has 1 aromatic heterocycles. The number of hydrogen-bond acceptors (Lipinski definition) is 5. The average molecular weight is 351 g/mol. The molecule has 2 N–H and O–H groups in total. The highest BCUT2D eigenvalue weighted by atomic mass is 15.3. The van der Waals surface area contributed by atoms with Crippen LogP contribution in [0.1, 0.15) is 26.6 Å². The maximum absolute atomic E-state index is 4.71. The van der Waals surface area contributed by atoms with E-state index in [1.807, 2.05) is 0 Å². The summed E-state index contributed by atoms with van der Waals surface area (Å²) in [7, 11) is 0. The molecule has 2 rings (SSSR count). The van der Waals surface area contributed by atoms with Gasteiger partial charge in [-0.15, -0.1) is 10.2 Å². The fourth-order valence-corrected chi connectivity index (χ4v) is 3.01. The van der Waals surface area contributed by atoms with Gasteiger partial charge < -0.3 is 20.1 Å². The van der Waals surface area contributed by atoms with Crippen molar-refractivity contribution in [2.24, 2.45) is 4.99 Å². The van der Waals surface area contributed by atoms with Gasteiger partial charge in [0.1, 0.15) is 12.2 Å². The van der Waals surface area contributed by atoms with Crippen molar-refractivity contribution in [2.45, 2.75) is 33.7 Å². The number of nitrogens with one attached hydrogen (secondary N) is 2. The van der Waals surface area contributed by atoms with E-state index in [-0.39, 0.29) is 0 Å². The molecular weight excluding hydrogens is 316 g/mol. The molecule has 8 heteroatoms. The van der Waals surface area contributed by atoms with Crippen molar-refractivity contribution in [1.29, 1.82) is 0 Å². The van der Waals surface area contributed by atoms with Crippen LogP contribution in [0.5, 0.6) is 0 Å². The van der Waals surface area contributed by atoms with Crippen molar-refractivity contribution in [1.82, 2.24) is 35.2 Å². The second kappa shape index (κ2) is 11.0. The summed E-state index contributed by atoms with van der Waals surface area (Å²) in [4.78, 5) is 9.71. The lowest BCUT2D eigenvalue weighted by atomic mass is 10.3. The molecule has 2 heterocycles. The number of aromatic nitrogens is 3. The Morgan fingerprint density at radius 1 is 1.08 bits per heavy atom. The Morgan fingerprint density at radius 2 is 1.84 bits per heavy atom. The van der Waals surface area contributed by atoms with Crippen molar-refractivity contribution in [3.05, 3.63) is 12.2 Å². The third-order valence-corrected chi connectivity index (χ3v) is 4.60. The first-order valence-electron chi connectivity index (χ1n) is 9.60. The van der Waals surface area contributed by atoms with E-state index in [1.165, 1.54) is 13.1 Å². The third-order valence-electron chi connectivity index (χ3n) is 4.60. The number of guanidine groups is 1. The van der Waals surface area contributed by atoms with Gasteiger partial charge in [-0.25, -0.2) is 0 Å². The smallest absolute Gasteiger partial charge is 0.191 e. The Labute approximate surface area is 151 Å². The van der Waals surface area contributed by atoms with Gasteiger partial charge in [-0.1, -0.05) is 13.8 Å². The molecule has 1 aliphatic rings. The van der Waals surface area contributed by atoms with Crippen molar-refractivity contribution >= 4 is 5.96 Å². The van der Waals surface area contributed by atoms with Crippen LogP contribution in [0.3, 0.4) is 0 Å². The predicted molar refractivity (Wildman–Crippen MR) is 102 cm³/mol. The van der Waals surface area contributed by atoms with Crippen LogP contribution < -0.4 is 10.6 Å². The summed E-state index contributed by atoms with van der Waals surface area (Å²) in [5.74, 6) is 1.91. The lowest BCUT2D eigenvalue weighted by Crippen LogP contribution is -2.47. The van der Waals surface area contributed by atoms with Gasteiger partial charge in [-0.2, -0.15) is 0 Å². The summed E-state index contributed by atoms with van der Waals surface area (Å²) >= 11 is 0. The second-order valence-electron chi connectivity index (χ2n) is 6.26. The van der Waals surface area contributed by atoms with Crippen LogP contribution in [0.4, 0.5) is 0 Å². The van der Waals surface area contributed by atoms with Crippen molar-refractivity contribution in [3.8, 4) is 0 Å². The van der Waals surface area contributed by atoms with E-state index in [2.05, 4.69) is 56.0 Å². The molecule has 1 aliphatic heterocycles. The van der Waals surface area contributed by atoms with Crippen LogP contribution in [-0.2, 0) is 13.0 Å². The van der Waals surface area contributed by atoms with E-state index < -0.39 is 0 Å². The van der Waals surface area contributed by atoms with Gasteiger partial charge in [0.2, 0.25) is 0 Å². The highest BCUT2D eigenvalue weighted by Crippen LogP contribution is 2.00. The number of rotatable bonds is 9. The molecule has 0 saturated carbocycles. The molecule has 1 saturated heterocycles. The fourth-order valence-electron chi connectivity index (χ4n) is 3.01. The van der Waals surface area contributed by atoms with E-state index in [4.69, 9.17) is 4.99 Å². The summed E-state index contributed by atoms with van der Waals surface area (Å²) in [5.41, 5.74) is 0. The van der Waals surface area contributed by atoms with Gasteiger partial charge in [0, 0.05) is 58.8 Å². The van der Waals surface area contributed by atoms with Gasteiger partial charge in [-0.05, 0) is 13.5 Å². The van der Waals surface area contributed by atoms with Gasteiger partial charge in [-0.3, -0.25) is 9.89 Å². The zero-order chi connectivity index (χ0) is 17.9. The van der Waals surface area contributed by atoms with Gasteiger partial charge >= 0.3 is 0 Å². The minimum Gasteiger partial charge on any atom is -0.357 e. The molecule has 0 spiro atoms. The molecule has 142 valence electrons. The number of piperazine rings is 1. The topological polar surface area (TPSA) is 73.6 Å². The maximum atomic E-state index is 4.71. The minimum atomic E-state index is 0.812. The Morgan fingerprint density at radius 3 is 2.52 bits per heavy atom. The maximum Gasteiger partial charge on any atom is 0.191 e. The number of nitrogens with zero attached hydrogens (tertiary/aromatic N) is 6. The Kier molecular flexibility index (Phi) is 8.68. The first kappa shape index (κ1) is 19.7. The molecule has 8 nitrogen and oxygen atoms in total. The molecule has 0 atom stereocenters. The Bertz CT molecular complexity index is 505. The lowest BCUT2D eigenvalue weighted by Gasteiger charge is -2.33. The number of hydrogen-bond donors (Lipinski definition) is 2. The van der Waals surface area contributed by atoms with Crippen molar-refractivity contribution < 1.29 is 0 Å². The van der Waals surface area contributed by atoms with Gasteiger partial charge in [0.25, 0.3) is 0 Å². The van der Waals surface area contributed by atoms with E-state index in [9.17, 15) is 0 Å². The third kappa shape index (κ3) is 6.62. The van der Waals surface area contributed by atoms with Crippen LogP contribution >= 0.6 is 0 Å². The van der Waals surface area contributed by atoms with E-state index in [0.717, 1.165) is 70.6 Å². The van der Waals surface area contributed by atoms with Crippen molar-refractivity contribution in [2.75, 3.05) is 58.9 Å². The minimum absolute atomic E-state index is 0.812. The quantitative estimate of drug-likeness (QED) is 0.484.